The summed E-state index contributed by atoms with van der Waals surface area (Å²) >= 11 is 0. The number of carbonyl (C=O) groups excluding carboxylic acids is 2. The molecule has 2 rings (SSSR count). The first-order valence-electron chi connectivity index (χ1n) is 7.50. The monoisotopic (exact) mass is 318 g/mol. The molecule has 1 aromatic heterocycles. The first-order valence-corrected chi connectivity index (χ1v) is 7.50. The van der Waals surface area contributed by atoms with Crippen LogP contribution in [0.5, 0.6) is 0 Å². The summed E-state index contributed by atoms with van der Waals surface area (Å²) in [4.78, 5) is 26.9. The Hall–Kier alpha value is -2.54. The van der Waals surface area contributed by atoms with Crippen LogP contribution in [-0.4, -0.2) is 29.6 Å². The molecule has 0 aliphatic carbocycles. The number of hydrazine groups is 1. The minimum Gasteiger partial charge on any atom is -0.449 e. The van der Waals surface area contributed by atoms with Crippen LogP contribution < -0.4 is 16.6 Å². The lowest BCUT2D eigenvalue weighted by Gasteiger charge is -2.17. The topological polar surface area (TPSA) is 109 Å². The van der Waals surface area contributed by atoms with Gasteiger partial charge in [-0.3, -0.25) is 10.2 Å². The number of nitrogens with one attached hydrogen (secondary N) is 3. The van der Waals surface area contributed by atoms with Crippen LogP contribution in [0.1, 0.15) is 19.4 Å². The van der Waals surface area contributed by atoms with Crippen LogP contribution in [0, 0.1) is 5.92 Å². The van der Waals surface area contributed by atoms with Crippen molar-refractivity contribution in [3.8, 4) is 0 Å². The van der Waals surface area contributed by atoms with Gasteiger partial charge in [-0.2, -0.15) is 0 Å². The number of aromatic nitrogens is 1. The maximum Gasteiger partial charge on any atom is 0.407 e. The zero-order valence-electron chi connectivity index (χ0n) is 13.3. The third kappa shape index (κ3) is 4.46. The summed E-state index contributed by atoms with van der Waals surface area (Å²) in [6.45, 7) is 4.16. The van der Waals surface area contributed by atoms with E-state index >= 15 is 0 Å². The van der Waals surface area contributed by atoms with Gasteiger partial charge >= 0.3 is 6.09 Å². The molecule has 5 N–H and O–H groups in total. The summed E-state index contributed by atoms with van der Waals surface area (Å²) < 4.78 is 5.06. The fourth-order valence-electron chi connectivity index (χ4n) is 2.26. The molecule has 0 unspecified atom stereocenters. The second kappa shape index (κ2) is 7.64. The molecule has 23 heavy (non-hydrogen) atoms. The predicted molar refractivity (Wildman–Crippen MR) is 87.4 cm³/mol. The molecule has 0 bridgehead atoms. The summed E-state index contributed by atoms with van der Waals surface area (Å²) in [5.74, 6) is 4.96. The molecule has 2 amide bonds. The number of hydrogen-bond acceptors (Lipinski definition) is 4. The SMILES string of the molecule is CC(C)COC(=O)N[C@@H](Cc1c[nH]c2ccccc12)C(=O)NN. The maximum atomic E-state index is 11.9. The van der Waals surface area contributed by atoms with Crippen LogP contribution >= 0.6 is 0 Å². The van der Waals surface area contributed by atoms with E-state index in [4.69, 9.17) is 10.6 Å². The average Bonchev–Trinajstić information content (AvgIpc) is 2.95. The van der Waals surface area contributed by atoms with Crippen molar-refractivity contribution in [1.82, 2.24) is 15.7 Å². The number of benzene rings is 1. The Balaban J connectivity index is 2.09. The Labute approximate surface area is 134 Å². The van der Waals surface area contributed by atoms with Gasteiger partial charge in [-0.1, -0.05) is 32.0 Å². The van der Waals surface area contributed by atoms with Crippen LogP contribution in [0.15, 0.2) is 30.5 Å². The van der Waals surface area contributed by atoms with E-state index in [0.717, 1.165) is 16.5 Å². The number of carbonyl (C=O) groups is 2. The molecule has 0 saturated heterocycles. The summed E-state index contributed by atoms with van der Waals surface area (Å²) in [6, 6.07) is 6.94. The standard InChI is InChI=1S/C16H22N4O3/c1-10(2)9-23-16(22)19-14(15(21)20-17)7-11-8-18-13-6-4-3-5-12(11)13/h3-6,8,10,14,18H,7,9,17H2,1-2H3,(H,19,22)(H,20,21)/t14-/m0/s1. The van der Waals surface area contributed by atoms with Crippen LogP contribution in [0.3, 0.4) is 0 Å². The Morgan fingerprint density at radius 2 is 2.04 bits per heavy atom. The van der Waals surface area contributed by atoms with E-state index in [2.05, 4.69) is 15.7 Å². The van der Waals surface area contributed by atoms with Crippen molar-refractivity contribution in [3.05, 3.63) is 36.0 Å². The molecule has 0 aliphatic rings. The van der Waals surface area contributed by atoms with Crippen molar-refractivity contribution in [2.75, 3.05) is 6.61 Å². The highest BCUT2D eigenvalue weighted by Gasteiger charge is 2.22. The van der Waals surface area contributed by atoms with Gasteiger partial charge in [0.05, 0.1) is 6.61 Å². The van der Waals surface area contributed by atoms with Crippen molar-refractivity contribution in [1.29, 1.82) is 0 Å². The molecule has 0 fully saturated rings. The van der Waals surface area contributed by atoms with Crippen molar-refractivity contribution >= 4 is 22.9 Å². The molecule has 0 radical (unpaired) electrons. The highest BCUT2D eigenvalue weighted by Crippen LogP contribution is 2.19. The normalized spacial score (nSPS) is 12.2. The highest BCUT2D eigenvalue weighted by atomic mass is 16.5. The number of nitrogens with two attached hydrogens (primary N) is 1. The molecular weight excluding hydrogens is 296 g/mol. The Bertz CT molecular complexity index is 681. The van der Waals surface area contributed by atoms with Crippen LogP contribution in [0.25, 0.3) is 10.9 Å². The third-order valence-electron chi connectivity index (χ3n) is 3.40. The quantitative estimate of drug-likeness (QED) is 0.367. The average molecular weight is 318 g/mol. The molecule has 0 aliphatic heterocycles. The van der Waals surface area contributed by atoms with Crippen molar-refractivity contribution in [2.24, 2.45) is 11.8 Å². The molecule has 1 heterocycles. The number of para-hydroxylation sites is 1. The number of H-pyrrole nitrogens is 1. The molecule has 0 saturated carbocycles. The molecule has 0 spiro atoms. The van der Waals surface area contributed by atoms with Gasteiger partial charge in [0.15, 0.2) is 0 Å². The van der Waals surface area contributed by atoms with E-state index in [9.17, 15) is 9.59 Å². The smallest absolute Gasteiger partial charge is 0.407 e. The van der Waals surface area contributed by atoms with Gasteiger partial charge in [0.25, 0.3) is 5.91 Å². The lowest BCUT2D eigenvalue weighted by Crippen LogP contribution is -2.50. The number of aromatic amines is 1. The van der Waals surface area contributed by atoms with Crippen LogP contribution in [0.4, 0.5) is 4.79 Å². The van der Waals surface area contributed by atoms with Crippen LogP contribution in [0.2, 0.25) is 0 Å². The fraction of sp³-hybridized carbons (Fsp3) is 0.375. The van der Waals surface area contributed by atoms with Gasteiger partial charge in [-0.15, -0.1) is 0 Å². The molecule has 7 heteroatoms. The zero-order chi connectivity index (χ0) is 16.8. The maximum absolute atomic E-state index is 11.9. The highest BCUT2D eigenvalue weighted by molar-refractivity contribution is 5.88. The number of fused-ring (bicyclic) bond motifs is 1. The molecule has 124 valence electrons. The van der Waals surface area contributed by atoms with E-state index in [-0.39, 0.29) is 12.5 Å². The minimum absolute atomic E-state index is 0.219. The van der Waals surface area contributed by atoms with Gasteiger partial charge in [0, 0.05) is 23.5 Å². The number of ether oxygens (including phenoxy) is 1. The minimum atomic E-state index is -0.807. The number of alkyl carbamates (subject to hydrolysis) is 1. The number of amides is 2. The third-order valence-corrected chi connectivity index (χ3v) is 3.40. The largest absolute Gasteiger partial charge is 0.449 e. The van der Waals surface area contributed by atoms with E-state index in [1.165, 1.54) is 0 Å². The van der Waals surface area contributed by atoms with E-state index in [1.54, 1.807) is 0 Å². The van der Waals surface area contributed by atoms with Gasteiger partial charge in [0.1, 0.15) is 6.04 Å². The Morgan fingerprint density at radius 1 is 1.30 bits per heavy atom. The van der Waals surface area contributed by atoms with Crippen molar-refractivity contribution < 1.29 is 14.3 Å². The van der Waals surface area contributed by atoms with Gasteiger partial charge in [-0.05, 0) is 17.5 Å². The first kappa shape index (κ1) is 16.8. The molecule has 1 aromatic carbocycles. The first-order chi connectivity index (χ1) is 11.0. The van der Waals surface area contributed by atoms with Crippen molar-refractivity contribution in [3.63, 3.8) is 0 Å². The van der Waals surface area contributed by atoms with Gasteiger partial charge in [0.2, 0.25) is 0 Å². The van der Waals surface area contributed by atoms with E-state index in [0.29, 0.717) is 6.42 Å². The second-order valence-electron chi connectivity index (χ2n) is 5.76. The lowest BCUT2D eigenvalue weighted by atomic mass is 10.0. The van der Waals surface area contributed by atoms with Gasteiger partial charge in [-0.25, -0.2) is 10.6 Å². The molecular formula is C16H22N4O3. The molecule has 1 atom stereocenters. The fourth-order valence-corrected chi connectivity index (χ4v) is 2.26. The Morgan fingerprint density at radius 3 is 2.74 bits per heavy atom. The predicted octanol–water partition coefficient (Wildman–Crippen LogP) is 1.45. The van der Waals surface area contributed by atoms with E-state index < -0.39 is 18.0 Å². The number of rotatable bonds is 6. The van der Waals surface area contributed by atoms with Crippen molar-refractivity contribution in [2.45, 2.75) is 26.3 Å². The summed E-state index contributed by atoms with van der Waals surface area (Å²) in [6.07, 6.45) is 1.50. The zero-order valence-corrected chi connectivity index (χ0v) is 13.3. The molecule has 7 nitrogen and oxygen atoms in total. The summed E-state index contributed by atoms with van der Waals surface area (Å²) in [5, 5.41) is 3.56. The summed E-state index contributed by atoms with van der Waals surface area (Å²) in [5.41, 5.74) is 3.96. The lowest BCUT2D eigenvalue weighted by molar-refractivity contribution is -0.123. The second-order valence-corrected chi connectivity index (χ2v) is 5.76. The Kier molecular flexibility index (Phi) is 5.59. The van der Waals surface area contributed by atoms with E-state index in [1.807, 2.05) is 44.3 Å². The van der Waals surface area contributed by atoms with Gasteiger partial charge < -0.3 is 15.0 Å². The number of hydrogen-bond donors (Lipinski definition) is 4. The van der Waals surface area contributed by atoms with Crippen LogP contribution in [-0.2, 0) is 16.0 Å². The summed E-state index contributed by atoms with van der Waals surface area (Å²) in [7, 11) is 0. The molecule has 2 aromatic rings.